The topological polar surface area (TPSA) is 79.0 Å². The smallest absolute Gasteiger partial charge is 0.315 e. The summed E-state index contributed by atoms with van der Waals surface area (Å²) in [6.45, 7) is 2.49. The number of amides is 2. The van der Waals surface area contributed by atoms with E-state index in [0.29, 0.717) is 6.54 Å². The zero-order valence-electron chi connectivity index (χ0n) is 14.4. The van der Waals surface area contributed by atoms with Crippen LogP contribution < -0.4 is 15.4 Å². The number of carbonyl (C=O) groups excluding carboxylic acids is 1. The van der Waals surface area contributed by atoms with Crippen molar-refractivity contribution in [2.75, 3.05) is 13.7 Å². The van der Waals surface area contributed by atoms with Gasteiger partial charge in [0.1, 0.15) is 5.75 Å². The van der Waals surface area contributed by atoms with Crippen LogP contribution in [0.1, 0.15) is 24.1 Å². The van der Waals surface area contributed by atoms with Crippen molar-refractivity contribution in [3.8, 4) is 5.75 Å². The highest BCUT2D eigenvalue weighted by atomic mass is 16.5. The van der Waals surface area contributed by atoms with Gasteiger partial charge in [0.25, 0.3) is 0 Å². The van der Waals surface area contributed by atoms with Gasteiger partial charge in [0.2, 0.25) is 0 Å². The van der Waals surface area contributed by atoms with Gasteiger partial charge in [0.05, 0.1) is 13.2 Å². The summed E-state index contributed by atoms with van der Waals surface area (Å²) in [6.07, 6.45) is 6.12. The third kappa shape index (κ3) is 3.91. The van der Waals surface area contributed by atoms with Gasteiger partial charge in [0.15, 0.2) is 0 Å². The van der Waals surface area contributed by atoms with Gasteiger partial charge >= 0.3 is 6.03 Å². The van der Waals surface area contributed by atoms with Gasteiger partial charge < -0.3 is 20.4 Å². The summed E-state index contributed by atoms with van der Waals surface area (Å²) in [6, 6.07) is 9.43. The number of H-pyrrole nitrogens is 1. The predicted molar refractivity (Wildman–Crippen MR) is 97.7 cm³/mol. The summed E-state index contributed by atoms with van der Waals surface area (Å²) >= 11 is 0. The van der Waals surface area contributed by atoms with Crippen molar-refractivity contribution in [1.29, 1.82) is 0 Å². The molecule has 2 amide bonds. The molecule has 2 aromatic heterocycles. The average Bonchev–Trinajstić information content (AvgIpc) is 3.05. The van der Waals surface area contributed by atoms with E-state index < -0.39 is 0 Å². The minimum atomic E-state index is -0.184. The first kappa shape index (κ1) is 16.8. The molecular weight excluding hydrogens is 316 g/mol. The number of methoxy groups -OCH3 is 1. The third-order valence-corrected chi connectivity index (χ3v) is 4.20. The Morgan fingerprint density at radius 1 is 1.28 bits per heavy atom. The van der Waals surface area contributed by atoms with E-state index >= 15 is 0 Å². The van der Waals surface area contributed by atoms with Crippen LogP contribution in [0.15, 0.2) is 48.9 Å². The molecule has 0 spiro atoms. The fourth-order valence-corrected chi connectivity index (χ4v) is 2.88. The number of ether oxygens (including phenoxy) is 1. The molecule has 6 nitrogen and oxygen atoms in total. The highest BCUT2D eigenvalue weighted by Crippen LogP contribution is 2.28. The van der Waals surface area contributed by atoms with Gasteiger partial charge in [-0.25, -0.2) is 4.79 Å². The lowest BCUT2D eigenvalue weighted by atomic mass is 10.1. The van der Waals surface area contributed by atoms with Crippen molar-refractivity contribution in [2.24, 2.45) is 0 Å². The number of nitrogens with one attached hydrogen (secondary N) is 3. The fourth-order valence-electron chi connectivity index (χ4n) is 2.88. The van der Waals surface area contributed by atoms with E-state index in [1.165, 1.54) is 0 Å². The van der Waals surface area contributed by atoms with Crippen molar-refractivity contribution in [3.05, 3.63) is 60.0 Å². The molecule has 3 aromatic rings. The summed E-state index contributed by atoms with van der Waals surface area (Å²) in [5.74, 6) is 0.838. The highest BCUT2D eigenvalue weighted by Gasteiger charge is 2.11. The summed E-state index contributed by atoms with van der Waals surface area (Å²) in [5, 5.41) is 6.90. The number of carbonyl (C=O) groups is 1. The second-order valence-corrected chi connectivity index (χ2v) is 5.85. The second kappa shape index (κ2) is 7.70. The van der Waals surface area contributed by atoms with Crippen LogP contribution in [-0.2, 0) is 6.42 Å². The van der Waals surface area contributed by atoms with Gasteiger partial charge in [-0.15, -0.1) is 0 Å². The van der Waals surface area contributed by atoms with Crippen molar-refractivity contribution in [2.45, 2.75) is 19.4 Å². The van der Waals surface area contributed by atoms with E-state index in [2.05, 4.69) is 20.6 Å². The number of fused-ring (bicyclic) bond motifs is 1. The molecule has 0 aliphatic heterocycles. The van der Waals surface area contributed by atoms with Gasteiger partial charge in [-0.3, -0.25) is 4.98 Å². The van der Waals surface area contributed by atoms with Crippen LogP contribution in [0.25, 0.3) is 10.9 Å². The quantitative estimate of drug-likeness (QED) is 0.646. The summed E-state index contributed by atoms with van der Waals surface area (Å²) in [4.78, 5) is 19.3. The maximum Gasteiger partial charge on any atom is 0.315 e. The fraction of sp³-hybridized carbons (Fsp3) is 0.263. The summed E-state index contributed by atoms with van der Waals surface area (Å²) in [5.41, 5.74) is 3.17. The zero-order chi connectivity index (χ0) is 17.6. The van der Waals surface area contributed by atoms with E-state index in [1.807, 2.05) is 43.5 Å². The van der Waals surface area contributed by atoms with Crippen LogP contribution in [0.4, 0.5) is 4.79 Å². The first-order valence-electron chi connectivity index (χ1n) is 8.26. The zero-order valence-corrected chi connectivity index (χ0v) is 14.4. The lowest BCUT2D eigenvalue weighted by molar-refractivity contribution is 0.238. The number of benzene rings is 1. The molecule has 3 N–H and O–H groups in total. The normalized spacial score (nSPS) is 11.9. The van der Waals surface area contributed by atoms with Gasteiger partial charge in [-0.1, -0.05) is 6.07 Å². The first-order chi connectivity index (χ1) is 12.2. The average molecular weight is 338 g/mol. The van der Waals surface area contributed by atoms with E-state index in [4.69, 9.17) is 4.74 Å². The molecule has 2 heterocycles. The minimum Gasteiger partial charge on any atom is -0.496 e. The number of hydrogen-bond acceptors (Lipinski definition) is 3. The molecule has 1 atom stereocenters. The predicted octanol–water partition coefficient (Wildman–Crippen LogP) is 3.17. The van der Waals surface area contributed by atoms with E-state index in [9.17, 15) is 4.79 Å². The standard InChI is InChI=1S/C19H22N4O2/c1-13(14-6-9-20-10-7-14)23-19(24)21-11-8-15-12-22-16-4-3-5-17(25-2)18(15)16/h3-7,9-10,12-13,22H,8,11H2,1-2H3,(H2,21,23,24)/t13-/m0/s1. The van der Waals surface area contributed by atoms with Crippen LogP contribution in [0.3, 0.4) is 0 Å². The Kier molecular flexibility index (Phi) is 5.18. The molecule has 0 aliphatic carbocycles. The molecule has 1 aromatic carbocycles. The third-order valence-electron chi connectivity index (χ3n) is 4.20. The van der Waals surface area contributed by atoms with Crippen LogP contribution in [0.5, 0.6) is 5.75 Å². The Morgan fingerprint density at radius 2 is 2.08 bits per heavy atom. The van der Waals surface area contributed by atoms with E-state index in [1.54, 1.807) is 19.5 Å². The molecule has 0 radical (unpaired) electrons. The van der Waals surface area contributed by atoms with Crippen LogP contribution >= 0.6 is 0 Å². The number of hydrogen-bond donors (Lipinski definition) is 3. The van der Waals surface area contributed by atoms with Crippen LogP contribution in [0, 0.1) is 0 Å². The number of nitrogens with zero attached hydrogens (tertiary/aromatic N) is 1. The number of pyridine rings is 1. The Hall–Kier alpha value is -3.02. The van der Waals surface area contributed by atoms with Crippen molar-refractivity contribution < 1.29 is 9.53 Å². The first-order valence-corrected chi connectivity index (χ1v) is 8.26. The SMILES string of the molecule is COc1cccc2[nH]cc(CCNC(=O)N[C@@H](C)c3ccncc3)c12. The van der Waals surface area contributed by atoms with Crippen LogP contribution in [0.2, 0.25) is 0 Å². The Morgan fingerprint density at radius 3 is 2.84 bits per heavy atom. The van der Waals surface area contributed by atoms with Crippen molar-refractivity contribution in [1.82, 2.24) is 20.6 Å². The van der Waals surface area contributed by atoms with Crippen LogP contribution in [-0.4, -0.2) is 29.7 Å². The summed E-state index contributed by atoms with van der Waals surface area (Å²) in [7, 11) is 1.66. The second-order valence-electron chi connectivity index (χ2n) is 5.85. The Labute approximate surface area is 146 Å². The molecule has 3 rings (SSSR count). The Bertz CT molecular complexity index is 845. The summed E-state index contributed by atoms with van der Waals surface area (Å²) < 4.78 is 5.43. The van der Waals surface area contributed by atoms with E-state index in [0.717, 1.165) is 34.2 Å². The molecule has 0 fully saturated rings. The Balaban J connectivity index is 1.55. The van der Waals surface area contributed by atoms with Gasteiger partial charge in [-0.05, 0) is 48.7 Å². The van der Waals surface area contributed by atoms with Crippen molar-refractivity contribution >= 4 is 16.9 Å². The largest absolute Gasteiger partial charge is 0.496 e. The van der Waals surface area contributed by atoms with Gasteiger partial charge in [-0.2, -0.15) is 0 Å². The highest BCUT2D eigenvalue weighted by molar-refractivity contribution is 5.89. The monoisotopic (exact) mass is 338 g/mol. The maximum absolute atomic E-state index is 12.1. The number of aromatic nitrogens is 2. The maximum atomic E-state index is 12.1. The molecule has 0 aliphatic rings. The molecule has 130 valence electrons. The molecular formula is C19H22N4O2. The number of aromatic amines is 1. The minimum absolute atomic E-state index is 0.0730. The molecule has 0 saturated heterocycles. The van der Waals surface area contributed by atoms with E-state index in [-0.39, 0.29) is 12.1 Å². The molecule has 25 heavy (non-hydrogen) atoms. The molecule has 0 saturated carbocycles. The molecule has 0 bridgehead atoms. The lowest BCUT2D eigenvalue weighted by Gasteiger charge is -2.14. The van der Waals surface area contributed by atoms with Gasteiger partial charge in [0, 0.05) is 36.0 Å². The number of urea groups is 1. The lowest BCUT2D eigenvalue weighted by Crippen LogP contribution is -2.38. The number of rotatable bonds is 6. The molecule has 0 unspecified atom stereocenters. The molecule has 6 heteroatoms. The van der Waals surface area contributed by atoms with Crippen molar-refractivity contribution in [3.63, 3.8) is 0 Å².